The van der Waals surface area contributed by atoms with Gasteiger partial charge < -0.3 is 9.26 Å². The molecular weight excluding hydrogens is 384 g/mol. The molecule has 1 aliphatic rings. The average Bonchev–Trinajstić information content (AvgIpc) is 3.37. The summed E-state index contributed by atoms with van der Waals surface area (Å²) >= 11 is 5.88. The van der Waals surface area contributed by atoms with Crippen molar-refractivity contribution in [2.45, 2.75) is 31.6 Å². The van der Waals surface area contributed by atoms with E-state index in [1.165, 1.54) is 6.33 Å². The van der Waals surface area contributed by atoms with E-state index >= 15 is 0 Å². The van der Waals surface area contributed by atoms with Gasteiger partial charge in [0.1, 0.15) is 12.0 Å². The van der Waals surface area contributed by atoms with E-state index in [0.29, 0.717) is 34.4 Å². The van der Waals surface area contributed by atoms with E-state index in [9.17, 15) is 0 Å². The topological polar surface area (TPSA) is 109 Å². The van der Waals surface area contributed by atoms with Crippen LogP contribution in [0.1, 0.15) is 31.7 Å². The average molecular weight is 401 g/mol. The molecule has 4 aromatic rings. The Morgan fingerprint density at radius 1 is 1.25 bits per heavy atom. The molecule has 1 fully saturated rings. The molecule has 0 aliphatic heterocycles. The Labute approximate surface area is 164 Å². The summed E-state index contributed by atoms with van der Waals surface area (Å²) in [4.78, 5) is 4.42. The molecular formula is C17H17ClN8O2. The molecule has 4 heterocycles. The number of aryl methyl sites for hydroxylation is 1. The van der Waals surface area contributed by atoms with Crippen LogP contribution in [0.15, 0.2) is 16.9 Å². The number of fused-ring (bicyclic) bond motifs is 1. The molecule has 0 atom stereocenters. The molecule has 0 bridgehead atoms. The highest BCUT2D eigenvalue weighted by molar-refractivity contribution is 6.29. The van der Waals surface area contributed by atoms with Crippen molar-refractivity contribution in [3.63, 3.8) is 0 Å². The van der Waals surface area contributed by atoms with Gasteiger partial charge in [0.2, 0.25) is 16.7 Å². The van der Waals surface area contributed by atoms with E-state index in [2.05, 4.69) is 32.4 Å². The quantitative estimate of drug-likeness (QED) is 0.514. The summed E-state index contributed by atoms with van der Waals surface area (Å²) in [5, 5.41) is 21.7. The minimum absolute atomic E-state index is 0.0787. The van der Waals surface area contributed by atoms with Crippen LogP contribution >= 0.6 is 11.6 Å². The van der Waals surface area contributed by atoms with Crippen LogP contribution in [0, 0.1) is 0 Å². The molecule has 0 spiro atoms. The first-order valence-electron chi connectivity index (χ1n) is 8.82. The number of hydrogen-bond acceptors (Lipinski definition) is 8. The molecule has 1 aliphatic carbocycles. The van der Waals surface area contributed by atoms with Crippen LogP contribution in [-0.2, 0) is 12.5 Å². The zero-order valence-electron chi connectivity index (χ0n) is 15.5. The number of nitrogens with zero attached hydrogens (tertiary/aromatic N) is 8. The number of ether oxygens (including phenoxy) is 1. The SMILES string of the molecule is COc1c(C2(C)CCC2)c(-c2ncnn2C)nn2c(-c3cc(Cl)on3)nnc12. The summed E-state index contributed by atoms with van der Waals surface area (Å²) in [5.41, 5.74) is 2.51. The van der Waals surface area contributed by atoms with Gasteiger partial charge in [0, 0.05) is 18.7 Å². The number of aromatic nitrogens is 8. The van der Waals surface area contributed by atoms with E-state index in [4.69, 9.17) is 26.0 Å². The second-order valence-electron chi connectivity index (χ2n) is 7.15. The van der Waals surface area contributed by atoms with Crippen LogP contribution in [0.3, 0.4) is 0 Å². The minimum atomic E-state index is -0.0787. The fourth-order valence-corrected chi connectivity index (χ4v) is 3.92. The molecule has 0 N–H and O–H groups in total. The Balaban J connectivity index is 1.86. The van der Waals surface area contributed by atoms with Crippen LogP contribution in [0.25, 0.3) is 28.7 Å². The van der Waals surface area contributed by atoms with Gasteiger partial charge in [-0.3, -0.25) is 0 Å². The fraction of sp³-hybridized carbons (Fsp3) is 0.412. The molecule has 10 nitrogen and oxygen atoms in total. The highest BCUT2D eigenvalue weighted by Crippen LogP contribution is 2.50. The third-order valence-corrected chi connectivity index (χ3v) is 5.58. The number of rotatable bonds is 4. The molecule has 0 amide bonds. The first-order chi connectivity index (χ1) is 13.5. The number of methoxy groups -OCH3 is 1. The Kier molecular flexibility index (Phi) is 3.66. The highest BCUT2D eigenvalue weighted by atomic mass is 35.5. The number of hydrogen-bond donors (Lipinski definition) is 0. The molecule has 0 radical (unpaired) electrons. The zero-order valence-corrected chi connectivity index (χ0v) is 16.3. The van der Waals surface area contributed by atoms with Crippen LogP contribution in [0.4, 0.5) is 0 Å². The summed E-state index contributed by atoms with van der Waals surface area (Å²) in [5.74, 6) is 1.67. The van der Waals surface area contributed by atoms with E-state index in [0.717, 1.165) is 24.8 Å². The maximum absolute atomic E-state index is 5.88. The fourth-order valence-electron chi connectivity index (χ4n) is 3.78. The largest absolute Gasteiger partial charge is 0.492 e. The van der Waals surface area contributed by atoms with Crippen molar-refractivity contribution in [1.29, 1.82) is 0 Å². The van der Waals surface area contributed by atoms with Crippen LogP contribution in [-0.4, -0.2) is 46.8 Å². The van der Waals surface area contributed by atoms with E-state index in [1.807, 2.05) is 7.05 Å². The third-order valence-electron chi connectivity index (χ3n) is 5.41. The van der Waals surface area contributed by atoms with Crippen molar-refractivity contribution in [1.82, 2.24) is 39.7 Å². The molecule has 11 heteroatoms. The summed E-state index contributed by atoms with van der Waals surface area (Å²) in [6.07, 6.45) is 4.72. The van der Waals surface area contributed by atoms with E-state index < -0.39 is 0 Å². The predicted octanol–water partition coefficient (Wildman–Crippen LogP) is 2.68. The first-order valence-corrected chi connectivity index (χ1v) is 9.20. The summed E-state index contributed by atoms with van der Waals surface area (Å²) < 4.78 is 14.1. The maximum atomic E-state index is 5.88. The van der Waals surface area contributed by atoms with Crippen LogP contribution in [0.5, 0.6) is 5.75 Å². The highest BCUT2D eigenvalue weighted by Gasteiger charge is 2.41. The lowest BCUT2D eigenvalue weighted by Gasteiger charge is -2.40. The Bertz CT molecular complexity index is 1190. The molecule has 28 heavy (non-hydrogen) atoms. The lowest BCUT2D eigenvalue weighted by molar-refractivity contribution is 0.260. The summed E-state index contributed by atoms with van der Waals surface area (Å²) in [6.45, 7) is 2.21. The lowest BCUT2D eigenvalue weighted by Crippen LogP contribution is -2.32. The van der Waals surface area contributed by atoms with E-state index in [1.54, 1.807) is 22.4 Å². The van der Waals surface area contributed by atoms with Gasteiger partial charge in [0.25, 0.3) is 0 Å². The molecule has 0 saturated heterocycles. The maximum Gasteiger partial charge on any atom is 0.226 e. The van der Waals surface area contributed by atoms with Crippen molar-refractivity contribution in [2.75, 3.05) is 7.11 Å². The van der Waals surface area contributed by atoms with Gasteiger partial charge in [-0.2, -0.15) is 14.7 Å². The van der Waals surface area contributed by atoms with Crippen molar-refractivity contribution in [3.05, 3.63) is 23.2 Å². The van der Waals surface area contributed by atoms with Crippen LogP contribution < -0.4 is 4.74 Å². The van der Waals surface area contributed by atoms with Crippen molar-refractivity contribution in [3.8, 4) is 28.8 Å². The normalized spacial score (nSPS) is 15.7. The van der Waals surface area contributed by atoms with E-state index in [-0.39, 0.29) is 10.6 Å². The standard InChI is InChI=1S/C17H17ClN8O2/c1-17(5-4-6-17)11-12(15-19-8-20-25(15)2)23-26-14(9-7-10(18)28-24-9)21-22-16(26)13(11)27-3/h7-8H,4-6H2,1-3H3. The predicted molar refractivity (Wildman–Crippen MR) is 99.0 cm³/mol. The third kappa shape index (κ3) is 2.34. The Hall–Kier alpha value is -3.01. The Morgan fingerprint density at radius 2 is 2.07 bits per heavy atom. The van der Waals surface area contributed by atoms with Gasteiger partial charge >= 0.3 is 0 Å². The minimum Gasteiger partial charge on any atom is -0.492 e. The van der Waals surface area contributed by atoms with Gasteiger partial charge in [-0.25, -0.2) is 9.67 Å². The van der Waals surface area contributed by atoms with Crippen molar-refractivity contribution in [2.24, 2.45) is 7.05 Å². The summed E-state index contributed by atoms with van der Waals surface area (Å²) in [6, 6.07) is 1.56. The van der Waals surface area contributed by atoms with Gasteiger partial charge in [-0.15, -0.1) is 10.2 Å². The molecule has 144 valence electrons. The molecule has 0 aromatic carbocycles. The second-order valence-corrected chi connectivity index (χ2v) is 7.53. The molecule has 5 rings (SSSR count). The Morgan fingerprint density at radius 3 is 2.64 bits per heavy atom. The lowest BCUT2D eigenvalue weighted by atomic mass is 9.65. The number of halogens is 1. The van der Waals surface area contributed by atoms with Crippen molar-refractivity contribution >= 4 is 17.2 Å². The smallest absolute Gasteiger partial charge is 0.226 e. The molecule has 1 saturated carbocycles. The summed E-state index contributed by atoms with van der Waals surface area (Å²) in [7, 11) is 3.46. The van der Waals surface area contributed by atoms with Gasteiger partial charge in [0.15, 0.2) is 17.3 Å². The van der Waals surface area contributed by atoms with Crippen LogP contribution in [0.2, 0.25) is 5.22 Å². The monoisotopic (exact) mass is 400 g/mol. The van der Waals surface area contributed by atoms with Gasteiger partial charge in [-0.1, -0.05) is 18.5 Å². The van der Waals surface area contributed by atoms with Gasteiger partial charge in [0.05, 0.1) is 7.11 Å². The zero-order chi connectivity index (χ0) is 19.5. The molecule has 0 unspecified atom stereocenters. The van der Waals surface area contributed by atoms with Gasteiger partial charge in [-0.05, 0) is 29.9 Å². The first kappa shape index (κ1) is 17.1. The second kappa shape index (κ2) is 5.99. The molecule has 4 aromatic heterocycles. The van der Waals surface area contributed by atoms with Crippen molar-refractivity contribution < 1.29 is 9.26 Å².